The van der Waals surface area contributed by atoms with E-state index in [2.05, 4.69) is 0 Å². The highest BCUT2D eigenvalue weighted by atomic mass is 27.0. The highest BCUT2D eigenvalue weighted by Gasteiger charge is 2.08. The zero-order valence-corrected chi connectivity index (χ0v) is 9.24. The van der Waals surface area contributed by atoms with Crippen LogP contribution in [0, 0.1) is 20.8 Å². The first-order valence-corrected chi connectivity index (χ1v) is 3.83. The number of hydrogen-bond donors (Lipinski definition) is 1. The normalized spacial score (nSPS) is 9.15. The number of carbonyl (C=O) groups is 1. The van der Waals surface area contributed by atoms with E-state index in [1.807, 2.05) is 26.8 Å². The molecule has 1 aromatic rings. The van der Waals surface area contributed by atoms with E-state index in [1.54, 1.807) is 6.07 Å². The Hall–Kier alpha value is -0.778. The van der Waals surface area contributed by atoms with Crippen LogP contribution in [0.25, 0.3) is 0 Å². The van der Waals surface area contributed by atoms with Crippen molar-refractivity contribution >= 4 is 23.3 Å². The van der Waals surface area contributed by atoms with Crippen molar-refractivity contribution in [3.8, 4) is 0 Å². The van der Waals surface area contributed by atoms with Crippen molar-refractivity contribution in [2.75, 3.05) is 0 Å². The van der Waals surface area contributed by atoms with Crippen LogP contribution in [0.3, 0.4) is 0 Å². The van der Waals surface area contributed by atoms with Gasteiger partial charge in [0.15, 0.2) is 0 Å². The van der Waals surface area contributed by atoms with Gasteiger partial charge in [-0.05, 0) is 43.5 Å². The van der Waals surface area contributed by atoms with E-state index in [0.29, 0.717) is 5.56 Å². The van der Waals surface area contributed by atoms with Crippen molar-refractivity contribution in [1.82, 2.24) is 0 Å². The maximum Gasteiger partial charge on any atom is 0.335 e. The molecule has 3 radical (unpaired) electrons. The Morgan fingerprint density at radius 3 is 2.23 bits per heavy atom. The second-order valence-corrected chi connectivity index (χ2v) is 3.06. The molecule has 1 rings (SSSR count). The average molecular weight is 191 g/mol. The summed E-state index contributed by atoms with van der Waals surface area (Å²) in [4.78, 5) is 10.7. The third-order valence-corrected chi connectivity index (χ3v) is 2.04. The molecule has 0 aliphatic rings. The Morgan fingerprint density at radius 2 is 1.77 bits per heavy atom. The summed E-state index contributed by atoms with van der Waals surface area (Å²) in [5.74, 6) is -0.848. The second kappa shape index (κ2) is 4.46. The van der Waals surface area contributed by atoms with Gasteiger partial charge in [0.25, 0.3) is 0 Å². The molecule has 0 aromatic heterocycles. The zero-order chi connectivity index (χ0) is 9.30. The molecule has 0 spiro atoms. The quantitative estimate of drug-likeness (QED) is 0.688. The minimum absolute atomic E-state index is 0. The van der Waals surface area contributed by atoms with Crippen LogP contribution in [-0.4, -0.2) is 28.4 Å². The molecule has 3 heteroatoms. The van der Waals surface area contributed by atoms with Gasteiger partial charge in [-0.25, -0.2) is 4.79 Å². The molecule has 0 saturated carbocycles. The molecule has 67 valence electrons. The first-order valence-electron chi connectivity index (χ1n) is 3.83. The number of hydrogen-bond acceptors (Lipinski definition) is 1. The van der Waals surface area contributed by atoms with Crippen LogP contribution >= 0.6 is 0 Å². The van der Waals surface area contributed by atoms with E-state index in [1.165, 1.54) is 0 Å². The molecular weight excluding hydrogens is 179 g/mol. The monoisotopic (exact) mass is 191 g/mol. The summed E-state index contributed by atoms with van der Waals surface area (Å²) in [6, 6.07) is 3.69. The lowest BCUT2D eigenvalue weighted by molar-refractivity contribution is 0.0696. The highest BCUT2D eigenvalue weighted by molar-refractivity contribution is 5.89. The van der Waals surface area contributed by atoms with Crippen molar-refractivity contribution in [1.29, 1.82) is 0 Å². The fraction of sp³-hybridized carbons (Fsp3) is 0.300. The first kappa shape index (κ1) is 12.2. The average Bonchev–Trinajstić information content (AvgIpc) is 1.96. The number of carboxylic acid groups (broad SMARTS) is 1. The molecule has 1 aromatic carbocycles. The molecule has 0 saturated heterocycles. The van der Waals surface area contributed by atoms with Crippen molar-refractivity contribution < 1.29 is 9.90 Å². The molecule has 0 aliphatic heterocycles. The van der Waals surface area contributed by atoms with Crippen LogP contribution in [0.15, 0.2) is 12.1 Å². The van der Waals surface area contributed by atoms with Crippen LogP contribution < -0.4 is 0 Å². The van der Waals surface area contributed by atoms with E-state index >= 15 is 0 Å². The minimum atomic E-state index is -0.848. The van der Waals surface area contributed by atoms with Gasteiger partial charge in [-0.15, -0.1) is 0 Å². The van der Waals surface area contributed by atoms with Gasteiger partial charge in [-0.3, -0.25) is 0 Å². The summed E-state index contributed by atoms with van der Waals surface area (Å²) in [5.41, 5.74) is 3.29. The predicted octanol–water partition coefficient (Wildman–Crippen LogP) is 1.93. The molecule has 2 nitrogen and oxygen atoms in total. The van der Waals surface area contributed by atoms with Gasteiger partial charge in [0.05, 0.1) is 5.56 Å². The van der Waals surface area contributed by atoms with E-state index in [4.69, 9.17) is 5.11 Å². The predicted molar refractivity (Wildman–Crippen MR) is 53.4 cm³/mol. The maximum absolute atomic E-state index is 10.7. The van der Waals surface area contributed by atoms with Gasteiger partial charge in [-0.1, -0.05) is 6.07 Å². The molecule has 0 unspecified atom stereocenters. The summed E-state index contributed by atoms with van der Waals surface area (Å²) < 4.78 is 0. The minimum Gasteiger partial charge on any atom is -0.478 e. The molecule has 0 amide bonds. The number of rotatable bonds is 1. The Bertz CT molecular complexity index is 332. The first-order chi connectivity index (χ1) is 5.52. The summed E-state index contributed by atoms with van der Waals surface area (Å²) in [5, 5.41) is 8.81. The van der Waals surface area contributed by atoms with Gasteiger partial charge in [0, 0.05) is 17.4 Å². The van der Waals surface area contributed by atoms with Crippen molar-refractivity contribution in [2.24, 2.45) is 0 Å². The van der Waals surface area contributed by atoms with Crippen molar-refractivity contribution in [2.45, 2.75) is 20.8 Å². The number of benzene rings is 1. The number of aromatic carboxylic acids is 1. The standard InChI is InChI=1S/C10H12O2.Al/c1-6-4-7(2)8(3)9(5-6)10(11)12;/h4-5H,1-3H3,(H,11,12);. The molecule has 0 bridgehead atoms. The van der Waals surface area contributed by atoms with E-state index < -0.39 is 5.97 Å². The highest BCUT2D eigenvalue weighted by Crippen LogP contribution is 2.15. The van der Waals surface area contributed by atoms with Crippen LogP contribution in [0.4, 0.5) is 0 Å². The third kappa shape index (κ3) is 2.58. The van der Waals surface area contributed by atoms with E-state index in [0.717, 1.165) is 16.7 Å². The van der Waals surface area contributed by atoms with Crippen LogP contribution in [0.2, 0.25) is 0 Å². The van der Waals surface area contributed by atoms with Gasteiger partial charge < -0.3 is 5.11 Å². The van der Waals surface area contributed by atoms with E-state index in [9.17, 15) is 4.79 Å². The lowest BCUT2D eigenvalue weighted by atomic mass is 10.0. The molecule has 13 heavy (non-hydrogen) atoms. The number of aryl methyl sites for hydroxylation is 2. The van der Waals surface area contributed by atoms with Crippen LogP contribution in [-0.2, 0) is 0 Å². The second-order valence-electron chi connectivity index (χ2n) is 3.06. The largest absolute Gasteiger partial charge is 0.478 e. The van der Waals surface area contributed by atoms with Gasteiger partial charge >= 0.3 is 5.97 Å². The van der Waals surface area contributed by atoms with E-state index in [-0.39, 0.29) is 17.4 Å². The maximum atomic E-state index is 10.7. The van der Waals surface area contributed by atoms with Gasteiger partial charge in [0.2, 0.25) is 0 Å². The van der Waals surface area contributed by atoms with Gasteiger partial charge in [0.1, 0.15) is 0 Å². The molecule has 0 atom stereocenters. The Labute approximate surface area is 88.7 Å². The zero-order valence-electron chi connectivity index (χ0n) is 8.09. The molecule has 0 heterocycles. The molecular formula is C10H12AlO2. The van der Waals surface area contributed by atoms with Gasteiger partial charge in [-0.2, -0.15) is 0 Å². The Morgan fingerprint density at radius 1 is 1.23 bits per heavy atom. The summed E-state index contributed by atoms with van der Waals surface area (Å²) >= 11 is 0. The molecule has 1 N–H and O–H groups in total. The summed E-state index contributed by atoms with van der Waals surface area (Å²) in [6.07, 6.45) is 0. The topological polar surface area (TPSA) is 37.3 Å². The SMILES string of the molecule is Cc1cc(C)c(C)c(C(=O)O)c1.[Al]. The lowest BCUT2D eigenvalue weighted by Gasteiger charge is -2.05. The molecule has 0 aliphatic carbocycles. The fourth-order valence-corrected chi connectivity index (χ4v) is 1.26. The molecule has 0 fully saturated rings. The summed E-state index contributed by atoms with van der Waals surface area (Å²) in [6.45, 7) is 5.66. The van der Waals surface area contributed by atoms with Crippen LogP contribution in [0.1, 0.15) is 27.0 Å². The third-order valence-electron chi connectivity index (χ3n) is 2.04. The smallest absolute Gasteiger partial charge is 0.335 e. The summed E-state index contributed by atoms with van der Waals surface area (Å²) in [7, 11) is 0. The number of carboxylic acids is 1. The lowest BCUT2D eigenvalue weighted by Crippen LogP contribution is -2.01. The fourth-order valence-electron chi connectivity index (χ4n) is 1.26. The van der Waals surface area contributed by atoms with Crippen molar-refractivity contribution in [3.63, 3.8) is 0 Å². The van der Waals surface area contributed by atoms with Crippen molar-refractivity contribution in [3.05, 3.63) is 34.4 Å². The Kier molecular flexibility index (Phi) is 4.19. The Balaban J connectivity index is 0.00000144. The van der Waals surface area contributed by atoms with Crippen LogP contribution in [0.5, 0.6) is 0 Å².